The second kappa shape index (κ2) is 9.49. The number of aromatic nitrogens is 2. The molecule has 0 unspecified atom stereocenters. The number of nitrogens with zero attached hydrogens (tertiary/aromatic N) is 3. The number of halogens is 1. The summed E-state index contributed by atoms with van der Waals surface area (Å²) in [6.45, 7) is 4.41. The molecule has 2 heterocycles. The summed E-state index contributed by atoms with van der Waals surface area (Å²) in [4.78, 5) is 17.0. The third-order valence-electron chi connectivity index (χ3n) is 6.45. The fourth-order valence-electron chi connectivity index (χ4n) is 4.49. The second-order valence-corrected chi connectivity index (χ2v) is 11.3. The van der Waals surface area contributed by atoms with Gasteiger partial charge in [0.1, 0.15) is 4.90 Å². The van der Waals surface area contributed by atoms with Gasteiger partial charge in [0.05, 0.1) is 10.9 Å². The van der Waals surface area contributed by atoms with E-state index in [1.807, 2.05) is 0 Å². The third-order valence-corrected chi connectivity index (χ3v) is 8.80. The van der Waals surface area contributed by atoms with Crippen LogP contribution >= 0.6 is 11.6 Å². The van der Waals surface area contributed by atoms with Crippen LogP contribution in [0.15, 0.2) is 27.6 Å². The molecular formula is C22H29ClN4O4S. The van der Waals surface area contributed by atoms with E-state index in [0.717, 1.165) is 25.7 Å². The van der Waals surface area contributed by atoms with E-state index in [4.69, 9.17) is 16.1 Å². The number of hydrogen-bond acceptors (Lipinski definition) is 6. The Balaban J connectivity index is 1.49. The Kier molecular flexibility index (Phi) is 6.88. The lowest BCUT2D eigenvalue weighted by Gasteiger charge is -2.33. The molecule has 10 heteroatoms. The minimum absolute atomic E-state index is 0.0125. The van der Waals surface area contributed by atoms with Gasteiger partial charge in [0, 0.05) is 31.6 Å². The molecule has 8 nitrogen and oxygen atoms in total. The highest BCUT2D eigenvalue weighted by Gasteiger charge is 2.35. The number of piperidine rings is 1. The van der Waals surface area contributed by atoms with Crippen LogP contribution in [-0.4, -0.2) is 47.9 Å². The Hall–Kier alpha value is -1.97. The van der Waals surface area contributed by atoms with Gasteiger partial charge in [0.25, 0.3) is 0 Å². The summed E-state index contributed by atoms with van der Waals surface area (Å²) in [5.74, 6) is 0.978. The van der Waals surface area contributed by atoms with Crippen molar-refractivity contribution < 1.29 is 17.7 Å². The lowest BCUT2D eigenvalue weighted by molar-refractivity contribution is -0.127. The quantitative estimate of drug-likeness (QED) is 0.697. The average Bonchev–Trinajstić information content (AvgIpc) is 3.22. The lowest BCUT2D eigenvalue weighted by Crippen LogP contribution is -2.48. The first-order valence-electron chi connectivity index (χ1n) is 11.1. The normalized spacial score (nSPS) is 24.9. The Bertz CT molecular complexity index is 1080. The standard InChI is InChI=1S/C22H29ClN4O4S/c1-14-5-8-18(9-6-14)25-22(28)17-4-3-11-27(13-17)32(29,30)20-12-16(7-10-19(20)23)21-24-15(2)31-26-21/h7,10,12,14,17-18H,3-6,8-9,11,13H2,1-2H3,(H,25,28)/t14?,17-,18?/m1/s1. The molecule has 0 spiro atoms. The fraction of sp³-hybridized carbons (Fsp3) is 0.591. The van der Waals surface area contributed by atoms with Gasteiger partial charge in [-0.15, -0.1) is 0 Å². The SMILES string of the molecule is Cc1nc(-c2ccc(Cl)c(S(=O)(=O)N3CCC[C@@H](C(=O)NC4CCC(C)CC4)C3)c2)no1. The third kappa shape index (κ3) is 5.00. The van der Waals surface area contributed by atoms with Gasteiger partial charge in [-0.1, -0.05) is 23.7 Å². The number of carbonyl (C=O) groups is 1. The van der Waals surface area contributed by atoms with E-state index in [1.165, 1.54) is 16.4 Å². The van der Waals surface area contributed by atoms with Crippen LogP contribution in [0.25, 0.3) is 11.4 Å². The fourth-order valence-corrected chi connectivity index (χ4v) is 6.52. The highest BCUT2D eigenvalue weighted by atomic mass is 35.5. The van der Waals surface area contributed by atoms with E-state index in [0.29, 0.717) is 42.6 Å². The first-order chi connectivity index (χ1) is 15.2. The minimum Gasteiger partial charge on any atom is -0.353 e. The van der Waals surface area contributed by atoms with E-state index in [1.54, 1.807) is 13.0 Å². The van der Waals surface area contributed by atoms with Gasteiger partial charge in [0.2, 0.25) is 27.6 Å². The van der Waals surface area contributed by atoms with Gasteiger partial charge in [-0.05, 0) is 62.6 Å². The van der Waals surface area contributed by atoms with Crippen molar-refractivity contribution in [2.24, 2.45) is 11.8 Å². The molecule has 0 bridgehead atoms. The maximum Gasteiger partial charge on any atom is 0.244 e. The zero-order valence-electron chi connectivity index (χ0n) is 18.4. The molecule has 2 aromatic rings. The van der Waals surface area contributed by atoms with Crippen molar-refractivity contribution in [2.45, 2.75) is 63.3 Å². The van der Waals surface area contributed by atoms with Gasteiger partial charge >= 0.3 is 0 Å². The number of rotatable bonds is 5. The van der Waals surface area contributed by atoms with Gasteiger partial charge in [-0.25, -0.2) is 8.42 Å². The van der Waals surface area contributed by atoms with Crippen molar-refractivity contribution in [3.05, 3.63) is 29.1 Å². The van der Waals surface area contributed by atoms with E-state index < -0.39 is 10.0 Å². The second-order valence-electron chi connectivity index (χ2n) is 8.95. The van der Waals surface area contributed by atoms with Crippen LogP contribution < -0.4 is 5.32 Å². The number of amides is 1. The predicted octanol–water partition coefficient (Wildman–Crippen LogP) is 3.79. The van der Waals surface area contributed by atoms with Gasteiger partial charge in [0.15, 0.2) is 0 Å². The van der Waals surface area contributed by atoms with Crippen LogP contribution in [0, 0.1) is 18.8 Å². The molecule has 2 fully saturated rings. The smallest absolute Gasteiger partial charge is 0.244 e. The predicted molar refractivity (Wildman–Crippen MR) is 121 cm³/mol. The number of benzene rings is 1. The first kappa shape index (κ1) is 23.2. The summed E-state index contributed by atoms with van der Waals surface area (Å²) < 4.78 is 33.2. The molecule has 32 heavy (non-hydrogen) atoms. The van der Waals surface area contributed by atoms with Crippen molar-refractivity contribution in [3.8, 4) is 11.4 Å². The molecule has 2 aliphatic rings. The van der Waals surface area contributed by atoms with Crippen molar-refractivity contribution in [1.29, 1.82) is 0 Å². The van der Waals surface area contributed by atoms with Crippen molar-refractivity contribution in [2.75, 3.05) is 13.1 Å². The van der Waals surface area contributed by atoms with E-state index >= 15 is 0 Å². The molecule has 174 valence electrons. The first-order valence-corrected chi connectivity index (χ1v) is 13.0. The molecule has 1 aromatic heterocycles. The topological polar surface area (TPSA) is 105 Å². The molecule has 4 rings (SSSR count). The number of nitrogens with one attached hydrogen (secondary N) is 1. The Labute approximate surface area is 193 Å². The largest absolute Gasteiger partial charge is 0.353 e. The average molecular weight is 481 g/mol. The summed E-state index contributed by atoms with van der Waals surface area (Å²) in [5.41, 5.74) is 0.502. The Morgan fingerprint density at radius 3 is 2.66 bits per heavy atom. The molecule has 1 saturated heterocycles. The highest BCUT2D eigenvalue weighted by Crippen LogP contribution is 2.32. The van der Waals surface area contributed by atoms with Gasteiger partial charge in [-0.2, -0.15) is 9.29 Å². The molecular weight excluding hydrogens is 452 g/mol. The molecule has 0 radical (unpaired) electrons. The number of sulfonamides is 1. The summed E-state index contributed by atoms with van der Waals surface area (Å²) >= 11 is 6.28. The zero-order chi connectivity index (χ0) is 22.9. The summed E-state index contributed by atoms with van der Waals surface area (Å²) in [5, 5.41) is 7.13. The number of carbonyl (C=O) groups excluding carboxylic acids is 1. The van der Waals surface area contributed by atoms with Crippen molar-refractivity contribution in [3.63, 3.8) is 0 Å². The van der Waals surface area contributed by atoms with Crippen LogP contribution in [0.2, 0.25) is 5.02 Å². The molecule has 1 aliphatic carbocycles. The number of hydrogen-bond donors (Lipinski definition) is 1. The molecule has 1 atom stereocenters. The van der Waals surface area contributed by atoms with E-state index in [2.05, 4.69) is 22.4 Å². The van der Waals surface area contributed by atoms with Crippen molar-refractivity contribution in [1.82, 2.24) is 19.8 Å². The minimum atomic E-state index is -3.89. The summed E-state index contributed by atoms with van der Waals surface area (Å²) in [7, 11) is -3.89. The maximum atomic E-state index is 13.4. The Morgan fingerprint density at radius 1 is 1.22 bits per heavy atom. The van der Waals surface area contributed by atoms with Crippen LogP contribution in [0.5, 0.6) is 0 Å². The highest BCUT2D eigenvalue weighted by molar-refractivity contribution is 7.89. The van der Waals surface area contributed by atoms with Gasteiger partial charge in [-0.3, -0.25) is 4.79 Å². The monoisotopic (exact) mass is 480 g/mol. The molecule has 1 aliphatic heterocycles. The zero-order valence-corrected chi connectivity index (χ0v) is 20.0. The van der Waals surface area contributed by atoms with Crippen LogP contribution in [0.3, 0.4) is 0 Å². The lowest BCUT2D eigenvalue weighted by atomic mass is 9.87. The summed E-state index contributed by atoms with van der Waals surface area (Å²) in [6, 6.07) is 4.83. The summed E-state index contributed by atoms with van der Waals surface area (Å²) in [6.07, 6.45) is 5.51. The Morgan fingerprint density at radius 2 is 1.97 bits per heavy atom. The van der Waals surface area contributed by atoms with Crippen LogP contribution in [0.4, 0.5) is 0 Å². The van der Waals surface area contributed by atoms with Gasteiger partial charge < -0.3 is 9.84 Å². The van der Waals surface area contributed by atoms with E-state index in [9.17, 15) is 13.2 Å². The van der Waals surface area contributed by atoms with Crippen LogP contribution in [0.1, 0.15) is 51.3 Å². The number of aryl methyl sites for hydroxylation is 1. The molecule has 1 aromatic carbocycles. The van der Waals surface area contributed by atoms with E-state index in [-0.39, 0.29) is 34.3 Å². The van der Waals surface area contributed by atoms with Crippen molar-refractivity contribution >= 4 is 27.5 Å². The molecule has 1 N–H and O–H groups in total. The maximum absolute atomic E-state index is 13.4. The molecule has 1 saturated carbocycles. The molecule has 1 amide bonds. The van der Waals surface area contributed by atoms with Crippen LogP contribution in [-0.2, 0) is 14.8 Å².